The molecule has 2 aromatic carbocycles. The molecule has 160 valence electrons. The van der Waals surface area contributed by atoms with Crippen molar-refractivity contribution in [2.75, 3.05) is 11.1 Å². The Morgan fingerprint density at radius 1 is 1.23 bits per heavy atom. The number of rotatable bonds is 7. The molecule has 5 nitrogen and oxygen atoms in total. The van der Waals surface area contributed by atoms with E-state index in [1.54, 1.807) is 16.3 Å². The van der Waals surface area contributed by atoms with Gasteiger partial charge in [-0.1, -0.05) is 64.9 Å². The van der Waals surface area contributed by atoms with E-state index in [1.807, 2.05) is 42.5 Å². The summed E-state index contributed by atoms with van der Waals surface area (Å²) < 4.78 is 2.69. The van der Waals surface area contributed by atoms with E-state index < -0.39 is 0 Å². The number of hydrogen-bond acceptors (Lipinski definition) is 5. The van der Waals surface area contributed by atoms with Crippen LogP contribution in [0.15, 0.2) is 73.9 Å². The number of thioether (sulfide) groups is 2. The van der Waals surface area contributed by atoms with Crippen LogP contribution in [-0.4, -0.2) is 26.5 Å². The average Bonchev–Trinajstić information content (AvgIpc) is 3.14. The molecule has 2 heterocycles. The van der Waals surface area contributed by atoms with Crippen molar-refractivity contribution in [2.24, 2.45) is 0 Å². The van der Waals surface area contributed by atoms with Gasteiger partial charge in [0, 0.05) is 28.4 Å². The second kappa shape index (κ2) is 10.1. The molecule has 0 saturated carbocycles. The molecular weight excluding hydrogens is 494 g/mol. The number of aromatic nitrogens is 2. The van der Waals surface area contributed by atoms with Gasteiger partial charge in [-0.2, -0.15) is 0 Å². The van der Waals surface area contributed by atoms with Crippen LogP contribution in [0.1, 0.15) is 18.2 Å². The zero-order valence-corrected chi connectivity index (χ0v) is 20.2. The predicted octanol–water partition coefficient (Wildman–Crippen LogP) is 5.02. The van der Waals surface area contributed by atoms with Gasteiger partial charge in [0.05, 0.1) is 16.3 Å². The molecule has 1 atom stereocenters. The third-order valence-corrected chi connectivity index (χ3v) is 7.61. The SMILES string of the molecule is CC1Cc2nc(SCC(=O)Nc3ccc(Br)cc3)n(CCc3ccccc3)c(=O)c2S1. The highest BCUT2D eigenvalue weighted by atomic mass is 79.9. The maximum Gasteiger partial charge on any atom is 0.268 e. The van der Waals surface area contributed by atoms with Gasteiger partial charge in [-0.3, -0.25) is 14.2 Å². The molecular formula is C23H22BrN3O2S2. The Morgan fingerprint density at radius 2 is 1.97 bits per heavy atom. The van der Waals surface area contributed by atoms with Crippen LogP contribution in [0, 0.1) is 0 Å². The summed E-state index contributed by atoms with van der Waals surface area (Å²) in [6, 6.07) is 17.5. The highest BCUT2D eigenvalue weighted by Gasteiger charge is 2.26. The Hall–Kier alpha value is -2.03. The first-order valence-corrected chi connectivity index (χ1v) is 12.7. The molecule has 1 N–H and O–H groups in total. The van der Waals surface area contributed by atoms with Crippen LogP contribution in [0.2, 0.25) is 0 Å². The van der Waals surface area contributed by atoms with Crippen LogP contribution in [0.5, 0.6) is 0 Å². The van der Waals surface area contributed by atoms with Crippen molar-refractivity contribution in [1.29, 1.82) is 0 Å². The fraction of sp³-hybridized carbons (Fsp3) is 0.261. The van der Waals surface area contributed by atoms with Crippen molar-refractivity contribution in [1.82, 2.24) is 9.55 Å². The van der Waals surface area contributed by atoms with E-state index in [4.69, 9.17) is 4.98 Å². The molecule has 1 unspecified atom stereocenters. The zero-order chi connectivity index (χ0) is 21.8. The summed E-state index contributed by atoms with van der Waals surface area (Å²) in [4.78, 5) is 31.2. The zero-order valence-electron chi connectivity index (χ0n) is 17.0. The molecule has 8 heteroatoms. The summed E-state index contributed by atoms with van der Waals surface area (Å²) in [6.45, 7) is 2.65. The average molecular weight is 516 g/mol. The summed E-state index contributed by atoms with van der Waals surface area (Å²) in [5.74, 6) is 0.0643. The van der Waals surface area contributed by atoms with E-state index in [9.17, 15) is 9.59 Å². The fourth-order valence-corrected chi connectivity index (χ4v) is 5.61. The lowest BCUT2D eigenvalue weighted by Crippen LogP contribution is -2.27. The Bertz CT molecular complexity index is 1130. The van der Waals surface area contributed by atoms with Crippen LogP contribution in [0.3, 0.4) is 0 Å². The van der Waals surface area contributed by atoms with Crippen molar-refractivity contribution in [3.63, 3.8) is 0 Å². The number of benzene rings is 2. The monoisotopic (exact) mass is 515 g/mol. The number of nitrogens with one attached hydrogen (secondary N) is 1. The minimum Gasteiger partial charge on any atom is -0.325 e. The number of halogens is 1. The van der Waals surface area contributed by atoms with Crippen molar-refractivity contribution >= 4 is 51.0 Å². The van der Waals surface area contributed by atoms with Crippen LogP contribution in [0.25, 0.3) is 0 Å². The first-order valence-electron chi connectivity index (χ1n) is 10.0. The second-order valence-corrected chi connectivity index (χ2v) is 10.6. The molecule has 3 aromatic rings. The molecule has 4 rings (SSSR count). The minimum atomic E-state index is -0.126. The van der Waals surface area contributed by atoms with Gasteiger partial charge < -0.3 is 5.32 Å². The summed E-state index contributed by atoms with van der Waals surface area (Å²) in [7, 11) is 0. The van der Waals surface area contributed by atoms with Gasteiger partial charge in [0.15, 0.2) is 5.16 Å². The predicted molar refractivity (Wildman–Crippen MR) is 131 cm³/mol. The van der Waals surface area contributed by atoms with Gasteiger partial charge >= 0.3 is 0 Å². The standard InChI is InChI=1S/C23H22BrN3O2S2/c1-15-13-19-21(31-15)22(29)27(12-11-16-5-3-2-4-6-16)23(26-19)30-14-20(28)25-18-9-7-17(24)8-10-18/h2-10,15H,11-14H2,1H3,(H,25,28). The second-order valence-electron chi connectivity index (χ2n) is 7.34. The first kappa shape index (κ1) is 22.2. The summed E-state index contributed by atoms with van der Waals surface area (Å²) >= 11 is 6.31. The van der Waals surface area contributed by atoms with E-state index in [0.29, 0.717) is 17.0 Å². The van der Waals surface area contributed by atoms with Gasteiger partial charge in [0.2, 0.25) is 5.91 Å². The van der Waals surface area contributed by atoms with Gasteiger partial charge in [-0.05, 0) is 36.2 Å². The van der Waals surface area contributed by atoms with Crippen LogP contribution in [0.4, 0.5) is 5.69 Å². The molecule has 0 fully saturated rings. The molecule has 0 aliphatic carbocycles. The molecule has 0 radical (unpaired) electrons. The number of amides is 1. The molecule has 0 saturated heterocycles. The Balaban J connectivity index is 1.51. The maximum atomic E-state index is 13.2. The lowest BCUT2D eigenvalue weighted by atomic mass is 10.1. The van der Waals surface area contributed by atoms with Gasteiger partial charge in [-0.25, -0.2) is 4.98 Å². The number of fused-ring (bicyclic) bond motifs is 1. The van der Waals surface area contributed by atoms with E-state index in [-0.39, 0.29) is 17.2 Å². The number of aryl methyl sites for hydroxylation is 1. The lowest BCUT2D eigenvalue weighted by molar-refractivity contribution is -0.113. The van der Waals surface area contributed by atoms with E-state index in [1.165, 1.54) is 17.3 Å². The van der Waals surface area contributed by atoms with Crippen molar-refractivity contribution in [2.45, 2.75) is 41.6 Å². The van der Waals surface area contributed by atoms with Crippen molar-refractivity contribution in [3.8, 4) is 0 Å². The highest BCUT2D eigenvalue weighted by Crippen LogP contribution is 2.34. The summed E-state index contributed by atoms with van der Waals surface area (Å²) in [6.07, 6.45) is 1.52. The molecule has 0 bridgehead atoms. The van der Waals surface area contributed by atoms with Crippen LogP contribution >= 0.6 is 39.5 Å². The summed E-state index contributed by atoms with van der Waals surface area (Å²) in [5, 5.41) is 3.85. The van der Waals surface area contributed by atoms with Crippen molar-refractivity contribution in [3.05, 3.63) is 80.7 Å². The number of anilines is 1. The molecule has 1 aromatic heterocycles. The van der Waals surface area contributed by atoms with Gasteiger partial charge in [0.1, 0.15) is 0 Å². The number of carbonyl (C=O) groups is 1. The fourth-order valence-electron chi connectivity index (χ4n) is 3.38. The highest BCUT2D eigenvalue weighted by molar-refractivity contribution is 9.10. The molecule has 1 amide bonds. The number of carbonyl (C=O) groups excluding carboxylic acids is 1. The smallest absolute Gasteiger partial charge is 0.268 e. The molecule has 0 spiro atoms. The Morgan fingerprint density at radius 3 is 2.71 bits per heavy atom. The largest absolute Gasteiger partial charge is 0.325 e. The van der Waals surface area contributed by atoms with E-state index >= 15 is 0 Å². The minimum absolute atomic E-state index is 0.00565. The lowest BCUT2D eigenvalue weighted by Gasteiger charge is -2.14. The van der Waals surface area contributed by atoms with Gasteiger partial charge in [-0.15, -0.1) is 11.8 Å². The van der Waals surface area contributed by atoms with Crippen LogP contribution in [-0.2, 0) is 24.2 Å². The van der Waals surface area contributed by atoms with Gasteiger partial charge in [0.25, 0.3) is 5.56 Å². The normalized spacial score (nSPS) is 15.0. The summed E-state index contributed by atoms with van der Waals surface area (Å²) in [5.41, 5.74) is 2.77. The topological polar surface area (TPSA) is 64.0 Å². The Kier molecular flexibility index (Phi) is 7.20. The third kappa shape index (κ3) is 5.61. The quantitative estimate of drug-likeness (QED) is 0.353. The number of nitrogens with zero attached hydrogens (tertiary/aromatic N) is 2. The van der Waals surface area contributed by atoms with Crippen LogP contribution < -0.4 is 10.9 Å². The molecule has 1 aliphatic heterocycles. The van der Waals surface area contributed by atoms with E-state index in [2.05, 4.69) is 40.3 Å². The molecule has 31 heavy (non-hydrogen) atoms. The maximum absolute atomic E-state index is 13.2. The van der Waals surface area contributed by atoms with Crippen molar-refractivity contribution < 1.29 is 4.79 Å². The number of hydrogen-bond donors (Lipinski definition) is 1. The first-order chi connectivity index (χ1) is 15.0. The molecule has 1 aliphatic rings. The Labute approximate surface area is 198 Å². The third-order valence-electron chi connectivity index (χ3n) is 4.89. The van der Waals surface area contributed by atoms with E-state index in [0.717, 1.165) is 33.6 Å².